The van der Waals surface area contributed by atoms with Crippen LogP contribution in [0.4, 0.5) is 0 Å². The maximum Gasteiger partial charge on any atom is 0.119 e. The van der Waals surface area contributed by atoms with Crippen molar-refractivity contribution in [1.82, 2.24) is 0 Å². The third-order valence-electron chi connectivity index (χ3n) is 6.06. The first kappa shape index (κ1) is 20.3. The van der Waals surface area contributed by atoms with Crippen LogP contribution >= 0.6 is 0 Å². The molecule has 4 rings (SSSR count). The van der Waals surface area contributed by atoms with Crippen LogP contribution in [-0.4, -0.2) is 58.1 Å². The lowest BCUT2D eigenvalue weighted by atomic mass is 9.87. The van der Waals surface area contributed by atoms with Crippen molar-refractivity contribution < 1.29 is 29.9 Å². The second-order valence-electron chi connectivity index (χ2n) is 7.80. The smallest absolute Gasteiger partial charge is 0.119 e. The minimum absolute atomic E-state index is 0.241. The Morgan fingerprint density at radius 2 is 1.69 bits per heavy atom. The van der Waals surface area contributed by atoms with Gasteiger partial charge < -0.3 is 29.9 Å². The fourth-order valence-corrected chi connectivity index (χ4v) is 4.48. The van der Waals surface area contributed by atoms with Gasteiger partial charge in [0.25, 0.3) is 0 Å². The summed E-state index contributed by atoms with van der Waals surface area (Å²) in [5.74, 6) is 1.09. The summed E-state index contributed by atoms with van der Waals surface area (Å²) in [5.41, 5.74) is 4.39. The molecular weight excluding hydrogens is 372 g/mol. The Morgan fingerprint density at radius 3 is 2.38 bits per heavy atom. The monoisotopic (exact) mass is 400 g/mol. The van der Waals surface area contributed by atoms with E-state index in [1.54, 1.807) is 0 Å². The van der Waals surface area contributed by atoms with Crippen LogP contribution in [0.15, 0.2) is 42.5 Å². The van der Waals surface area contributed by atoms with Crippen molar-refractivity contribution in [2.45, 2.75) is 56.2 Å². The lowest BCUT2D eigenvalue weighted by Crippen LogP contribution is -2.55. The number of rotatable bonds is 5. The zero-order valence-corrected chi connectivity index (χ0v) is 16.4. The van der Waals surface area contributed by atoms with E-state index in [0.29, 0.717) is 6.61 Å². The van der Waals surface area contributed by atoms with E-state index in [1.807, 2.05) is 37.3 Å². The van der Waals surface area contributed by atoms with Gasteiger partial charge in [0.15, 0.2) is 0 Å². The second-order valence-corrected chi connectivity index (χ2v) is 7.80. The molecule has 0 amide bonds. The van der Waals surface area contributed by atoms with Crippen LogP contribution in [0.5, 0.6) is 5.75 Å². The molecule has 6 heteroatoms. The normalized spacial score (nSPS) is 31.5. The highest BCUT2D eigenvalue weighted by atomic mass is 16.5. The van der Waals surface area contributed by atoms with Gasteiger partial charge >= 0.3 is 0 Å². The number of benzene rings is 2. The van der Waals surface area contributed by atoms with Crippen molar-refractivity contribution in [3.8, 4) is 5.75 Å². The van der Waals surface area contributed by atoms with Crippen LogP contribution in [0.25, 0.3) is 0 Å². The van der Waals surface area contributed by atoms with Gasteiger partial charge in [0.1, 0.15) is 36.3 Å². The first-order chi connectivity index (χ1) is 14.0. The Morgan fingerprint density at radius 1 is 0.966 bits per heavy atom. The van der Waals surface area contributed by atoms with Crippen molar-refractivity contribution >= 4 is 0 Å². The van der Waals surface area contributed by atoms with Gasteiger partial charge in [-0.05, 0) is 54.2 Å². The predicted octanol–water partition coefficient (Wildman–Crippen LogP) is 1.68. The molecular formula is C23H28O6. The van der Waals surface area contributed by atoms with Crippen LogP contribution in [0.2, 0.25) is 0 Å². The molecule has 0 spiro atoms. The Kier molecular flexibility index (Phi) is 5.90. The van der Waals surface area contributed by atoms with Gasteiger partial charge in [-0.3, -0.25) is 0 Å². The summed E-state index contributed by atoms with van der Waals surface area (Å²) in [6.45, 7) is 2.16. The molecule has 1 aliphatic carbocycles. The summed E-state index contributed by atoms with van der Waals surface area (Å²) in [7, 11) is 0. The summed E-state index contributed by atoms with van der Waals surface area (Å²) in [4.78, 5) is 0. The minimum Gasteiger partial charge on any atom is -0.494 e. The van der Waals surface area contributed by atoms with E-state index in [2.05, 4.69) is 12.1 Å². The molecule has 1 heterocycles. The van der Waals surface area contributed by atoms with Gasteiger partial charge in [0, 0.05) is 5.92 Å². The molecule has 0 saturated carbocycles. The van der Waals surface area contributed by atoms with E-state index in [0.717, 1.165) is 24.2 Å². The van der Waals surface area contributed by atoms with Crippen molar-refractivity contribution in [2.24, 2.45) is 0 Å². The van der Waals surface area contributed by atoms with Gasteiger partial charge in [-0.1, -0.05) is 30.3 Å². The fourth-order valence-electron chi connectivity index (χ4n) is 4.48. The molecule has 2 aromatic carbocycles. The van der Waals surface area contributed by atoms with Gasteiger partial charge in [0.05, 0.1) is 13.2 Å². The summed E-state index contributed by atoms with van der Waals surface area (Å²) in [5, 5.41) is 40.0. The van der Waals surface area contributed by atoms with E-state index < -0.39 is 37.1 Å². The second kappa shape index (κ2) is 8.42. The zero-order valence-electron chi connectivity index (χ0n) is 16.4. The maximum atomic E-state index is 10.5. The Bertz CT molecular complexity index is 834. The van der Waals surface area contributed by atoms with Crippen LogP contribution in [0.1, 0.15) is 47.6 Å². The molecule has 156 valence electrons. The van der Waals surface area contributed by atoms with E-state index in [-0.39, 0.29) is 5.92 Å². The molecule has 1 aliphatic heterocycles. The van der Waals surface area contributed by atoms with Crippen molar-refractivity contribution in [2.75, 3.05) is 13.2 Å². The molecule has 2 aliphatic rings. The van der Waals surface area contributed by atoms with E-state index in [1.165, 1.54) is 16.7 Å². The van der Waals surface area contributed by atoms with Crippen LogP contribution < -0.4 is 4.74 Å². The number of hydrogen-bond donors (Lipinski definition) is 4. The zero-order chi connectivity index (χ0) is 20.5. The van der Waals surface area contributed by atoms with Crippen LogP contribution in [0, 0.1) is 0 Å². The van der Waals surface area contributed by atoms with E-state index in [4.69, 9.17) is 9.47 Å². The Hall–Kier alpha value is -1.96. The highest BCUT2D eigenvalue weighted by Gasteiger charge is 2.44. The predicted molar refractivity (Wildman–Crippen MR) is 107 cm³/mol. The molecule has 0 radical (unpaired) electrons. The van der Waals surface area contributed by atoms with E-state index in [9.17, 15) is 20.4 Å². The first-order valence-electron chi connectivity index (χ1n) is 10.2. The molecule has 1 unspecified atom stereocenters. The lowest BCUT2D eigenvalue weighted by Gasteiger charge is -2.40. The van der Waals surface area contributed by atoms with Gasteiger partial charge in [-0.15, -0.1) is 0 Å². The topological polar surface area (TPSA) is 99.4 Å². The van der Waals surface area contributed by atoms with Gasteiger partial charge in [0.2, 0.25) is 0 Å². The van der Waals surface area contributed by atoms with E-state index >= 15 is 0 Å². The number of fused-ring (bicyclic) bond motifs is 1. The van der Waals surface area contributed by atoms with Crippen molar-refractivity contribution in [1.29, 1.82) is 0 Å². The molecule has 1 fully saturated rings. The number of aliphatic hydroxyl groups excluding tert-OH is 4. The molecule has 4 N–H and O–H groups in total. The van der Waals surface area contributed by atoms with Gasteiger partial charge in [-0.2, -0.15) is 0 Å². The lowest BCUT2D eigenvalue weighted by molar-refractivity contribution is -0.231. The summed E-state index contributed by atoms with van der Waals surface area (Å²) >= 11 is 0. The first-order valence-corrected chi connectivity index (χ1v) is 10.2. The molecule has 29 heavy (non-hydrogen) atoms. The highest BCUT2D eigenvalue weighted by Crippen LogP contribution is 2.41. The average molecular weight is 400 g/mol. The Labute approximate surface area is 170 Å². The standard InChI is InChI=1S/C23H28O6/c1-2-28-16-8-5-13(6-9-16)17-10-7-14-3-4-15(11-18(14)17)23-22(27)21(26)20(25)19(12-24)29-23/h3-6,8-9,11,17,19-27H,2,7,10,12H2,1H3/t17?,19-,20-,21+,22-,23+/m1/s1. The molecule has 0 aromatic heterocycles. The number of aryl methyl sites for hydroxylation is 1. The SMILES string of the molecule is CCOc1ccc(C2CCc3ccc([C@@H]4O[C@H](CO)[C@@H](O)[C@H](O)[C@H]4O)cc32)cc1. The molecule has 1 saturated heterocycles. The highest BCUT2D eigenvalue weighted by molar-refractivity contribution is 5.46. The Balaban J connectivity index is 1.62. The van der Waals surface area contributed by atoms with Crippen molar-refractivity contribution in [3.63, 3.8) is 0 Å². The largest absolute Gasteiger partial charge is 0.494 e. The minimum atomic E-state index is -1.37. The summed E-state index contributed by atoms with van der Waals surface area (Å²) < 4.78 is 11.3. The molecule has 6 atom stereocenters. The quantitative estimate of drug-likeness (QED) is 0.610. The summed E-state index contributed by atoms with van der Waals surface area (Å²) in [6, 6.07) is 14.1. The number of hydrogen-bond acceptors (Lipinski definition) is 6. The average Bonchev–Trinajstić information content (AvgIpc) is 3.16. The van der Waals surface area contributed by atoms with Crippen LogP contribution in [0.3, 0.4) is 0 Å². The maximum absolute atomic E-state index is 10.5. The molecule has 0 bridgehead atoms. The fraction of sp³-hybridized carbons (Fsp3) is 0.478. The molecule has 6 nitrogen and oxygen atoms in total. The molecule has 2 aromatic rings. The number of ether oxygens (including phenoxy) is 2. The van der Waals surface area contributed by atoms with Crippen LogP contribution in [-0.2, 0) is 11.2 Å². The van der Waals surface area contributed by atoms with Crippen molar-refractivity contribution in [3.05, 3.63) is 64.7 Å². The summed E-state index contributed by atoms with van der Waals surface area (Å²) in [6.07, 6.45) is -3.73. The number of aliphatic hydroxyl groups is 4. The third-order valence-corrected chi connectivity index (χ3v) is 6.06. The third kappa shape index (κ3) is 3.79. The van der Waals surface area contributed by atoms with Gasteiger partial charge in [-0.25, -0.2) is 0 Å².